The monoisotopic (exact) mass is 469 g/mol. The van der Waals surface area contributed by atoms with E-state index in [0.717, 1.165) is 28.7 Å². The van der Waals surface area contributed by atoms with Crippen LogP contribution in [0.25, 0.3) is 0 Å². The molecule has 0 spiro atoms. The Kier molecular flexibility index (Phi) is 6.45. The Morgan fingerprint density at radius 1 is 1.09 bits per heavy atom. The summed E-state index contributed by atoms with van der Waals surface area (Å²) < 4.78 is 39.6. The van der Waals surface area contributed by atoms with Crippen LogP contribution in [0.4, 0.5) is 24.9 Å². The normalized spacial score (nSPS) is 13.4. The molecule has 2 heterocycles. The zero-order chi connectivity index (χ0) is 24.5. The van der Waals surface area contributed by atoms with Crippen molar-refractivity contribution in [2.24, 2.45) is 0 Å². The molecule has 9 heteroatoms. The standard InChI is InChI=1S/C25H26F3N5O/c1-16-12-22(32(2)3)31-24(30-16)33-11-10-17-13-18(8-9-20(17)15-33)23(34)29-14-19-6-4-5-7-21(19)25(26,27)28/h4-9,12-13H,10-11,14-15H2,1-3H3,(H,29,34). The van der Waals surface area contributed by atoms with Gasteiger partial charge in [-0.1, -0.05) is 24.3 Å². The number of aromatic nitrogens is 2. The van der Waals surface area contributed by atoms with E-state index in [1.54, 1.807) is 6.07 Å². The summed E-state index contributed by atoms with van der Waals surface area (Å²) in [7, 11) is 3.87. The van der Waals surface area contributed by atoms with Crippen molar-refractivity contribution in [2.45, 2.75) is 32.6 Å². The van der Waals surface area contributed by atoms with Gasteiger partial charge in [-0.25, -0.2) is 4.98 Å². The summed E-state index contributed by atoms with van der Waals surface area (Å²) in [6.07, 6.45) is -3.75. The van der Waals surface area contributed by atoms with E-state index in [0.29, 0.717) is 31.0 Å². The Hall–Kier alpha value is -3.62. The maximum Gasteiger partial charge on any atom is 0.416 e. The van der Waals surface area contributed by atoms with Crippen LogP contribution in [0.5, 0.6) is 0 Å². The van der Waals surface area contributed by atoms with Gasteiger partial charge in [-0.3, -0.25) is 4.79 Å². The zero-order valence-corrected chi connectivity index (χ0v) is 19.3. The second kappa shape index (κ2) is 9.32. The van der Waals surface area contributed by atoms with Crippen LogP contribution < -0.4 is 15.1 Å². The maximum atomic E-state index is 13.2. The molecule has 0 fully saturated rings. The molecule has 3 aromatic rings. The van der Waals surface area contributed by atoms with E-state index in [4.69, 9.17) is 0 Å². The van der Waals surface area contributed by atoms with Gasteiger partial charge in [-0.2, -0.15) is 18.2 Å². The molecule has 0 atom stereocenters. The second-order valence-corrected chi connectivity index (χ2v) is 8.55. The van der Waals surface area contributed by atoms with Crippen molar-refractivity contribution in [2.75, 3.05) is 30.4 Å². The van der Waals surface area contributed by atoms with Gasteiger partial charge in [-0.05, 0) is 48.2 Å². The second-order valence-electron chi connectivity index (χ2n) is 8.55. The third kappa shape index (κ3) is 5.13. The first kappa shape index (κ1) is 23.5. The van der Waals surface area contributed by atoms with E-state index < -0.39 is 17.6 Å². The molecule has 1 amide bonds. The van der Waals surface area contributed by atoms with Crippen molar-refractivity contribution < 1.29 is 18.0 Å². The van der Waals surface area contributed by atoms with E-state index in [2.05, 4.69) is 20.2 Å². The zero-order valence-electron chi connectivity index (χ0n) is 19.3. The number of amides is 1. The first-order valence-electron chi connectivity index (χ1n) is 10.9. The number of carbonyl (C=O) groups is 1. The number of hydrogen-bond acceptors (Lipinski definition) is 5. The fourth-order valence-corrected chi connectivity index (χ4v) is 4.00. The highest BCUT2D eigenvalue weighted by Crippen LogP contribution is 2.32. The highest BCUT2D eigenvalue weighted by Gasteiger charge is 2.32. The number of hydrogen-bond donors (Lipinski definition) is 1. The van der Waals surface area contributed by atoms with Crippen molar-refractivity contribution in [1.29, 1.82) is 0 Å². The van der Waals surface area contributed by atoms with Gasteiger partial charge in [0.1, 0.15) is 5.82 Å². The number of nitrogens with one attached hydrogen (secondary N) is 1. The smallest absolute Gasteiger partial charge is 0.363 e. The fraction of sp³-hybridized carbons (Fsp3) is 0.320. The summed E-state index contributed by atoms with van der Waals surface area (Å²) in [5.74, 6) is 1.10. The van der Waals surface area contributed by atoms with Crippen LogP contribution in [0, 0.1) is 6.92 Å². The molecule has 178 valence electrons. The average molecular weight is 470 g/mol. The molecule has 0 bridgehead atoms. The summed E-state index contributed by atoms with van der Waals surface area (Å²) >= 11 is 0. The molecule has 0 radical (unpaired) electrons. The van der Waals surface area contributed by atoms with Crippen LogP contribution in [-0.2, 0) is 25.7 Å². The van der Waals surface area contributed by atoms with E-state index in [1.165, 1.54) is 18.2 Å². The van der Waals surface area contributed by atoms with E-state index in [-0.39, 0.29) is 12.1 Å². The van der Waals surface area contributed by atoms with Gasteiger partial charge in [0.25, 0.3) is 5.91 Å². The van der Waals surface area contributed by atoms with Gasteiger partial charge in [0.15, 0.2) is 0 Å². The third-order valence-electron chi connectivity index (χ3n) is 5.81. The Balaban J connectivity index is 1.46. The van der Waals surface area contributed by atoms with Crippen LogP contribution in [0.15, 0.2) is 48.5 Å². The van der Waals surface area contributed by atoms with E-state index in [9.17, 15) is 18.0 Å². The topological polar surface area (TPSA) is 61.4 Å². The molecule has 0 aliphatic carbocycles. The SMILES string of the molecule is Cc1cc(N(C)C)nc(N2CCc3cc(C(=O)NCc4ccccc4C(F)(F)F)ccc3C2)n1. The van der Waals surface area contributed by atoms with Crippen LogP contribution >= 0.6 is 0 Å². The number of fused-ring (bicyclic) bond motifs is 1. The molecule has 34 heavy (non-hydrogen) atoms. The van der Waals surface area contributed by atoms with Crippen molar-refractivity contribution in [3.8, 4) is 0 Å². The molecule has 2 aromatic carbocycles. The molecule has 4 rings (SSSR count). The number of anilines is 2. The number of aryl methyl sites for hydroxylation is 1. The summed E-state index contributed by atoms with van der Waals surface area (Å²) in [5.41, 5.74) is 2.72. The Bertz CT molecular complexity index is 1210. The number of benzene rings is 2. The highest BCUT2D eigenvalue weighted by atomic mass is 19.4. The molecule has 6 nitrogen and oxygen atoms in total. The average Bonchev–Trinajstić information content (AvgIpc) is 2.81. The van der Waals surface area contributed by atoms with Gasteiger partial charge >= 0.3 is 6.18 Å². The summed E-state index contributed by atoms with van der Waals surface area (Å²) in [6.45, 7) is 3.06. The van der Waals surface area contributed by atoms with Gasteiger partial charge in [0.2, 0.25) is 5.95 Å². The number of carbonyl (C=O) groups excluding carboxylic acids is 1. The fourth-order valence-electron chi connectivity index (χ4n) is 4.00. The molecule has 0 unspecified atom stereocenters. The maximum absolute atomic E-state index is 13.2. The lowest BCUT2D eigenvalue weighted by molar-refractivity contribution is -0.138. The van der Waals surface area contributed by atoms with Crippen LogP contribution in [0.2, 0.25) is 0 Å². The van der Waals surface area contributed by atoms with Crippen LogP contribution in [-0.4, -0.2) is 36.5 Å². The first-order chi connectivity index (χ1) is 16.1. The Labute approximate surface area is 196 Å². The number of halogens is 3. The molecular weight excluding hydrogens is 443 g/mol. The molecule has 1 N–H and O–H groups in total. The lowest BCUT2D eigenvalue weighted by Gasteiger charge is -2.30. The van der Waals surface area contributed by atoms with Crippen molar-refractivity contribution in [3.05, 3.63) is 82.0 Å². The summed E-state index contributed by atoms with van der Waals surface area (Å²) in [4.78, 5) is 25.9. The largest absolute Gasteiger partial charge is 0.416 e. The molecule has 1 aromatic heterocycles. The van der Waals surface area contributed by atoms with Crippen molar-refractivity contribution in [1.82, 2.24) is 15.3 Å². The number of alkyl halides is 3. The predicted molar refractivity (Wildman–Crippen MR) is 125 cm³/mol. The Morgan fingerprint density at radius 2 is 1.85 bits per heavy atom. The number of rotatable bonds is 5. The lowest BCUT2D eigenvalue weighted by atomic mass is 9.97. The molecule has 1 aliphatic rings. The minimum Gasteiger partial charge on any atom is -0.363 e. The van der Waals surface area contributed by atoms with Gasteiger partial charge in [0, 0.05) is 51.1 Å². The third-order valence-corrected chi connectivity index (χ3v) is 5.81. The lowest BCUT2D eigenvalue weighted by Crippen LogP contribution is -2.33. The minimum absolute atomic E-state index is 0.0344. The summed E-state index contributed by atoms with van der Waals surface area (Å²) in [5, 5.41) is 2.62. The number of nitrogens with zero attached hydrogens (tertiary/aromatic N) is 4. The minimum atomic E-state index is -4.46. The van der Waals surface area contributed by atoms with E-state index >= 15 is 0 Å². The van der Waals surface area contributed by atoms with Crippen molar-refractivity contribution >= 4 is 17.7 Å². The van der Waals surface area contributed by atoms with Crippen LogP contribution in [0.3, 0.4) is 0 Å². The molecule has 1 aliphatic heterocycles. The Morgan fingerprint density at radius 3 is 2.59 bits per heavy atom. The van der Waals surface area contributed by atoms with Gasteiger partial charge in [0.05, 0.1) is 5.56 Å². The predicted octanol–water partition coefficient (Wildman–Crippen LogP) is 4.36. The quantitative estimate of drug-likeness (QED) is 0.602. The van der Waals surface area contributed by atoms with Gasteiger partial charge < -0.3 is 15.1 Å². The molecular formula is C25H26F3N5O. The first-order valence-corrected chi connectivity index (χ1v) is 10.9. The van der Waals surface area contributed by atoms with E-state index in [1.807, 2.05) is 44.1 Å². The van der Waals surface area contributed by atoms with Crippen LogP contribution in [0.1, 0.15) is 38.3 Å². The highest BCUT2D eigenvalue weighted by molar-refractivity contribution is 5.94. The van der Waals surface area contributed by atoms with Gasteiger partial charge in [-0.15, -0.1) is 0 Å². The summed E-state index contributed by atoms with van der Waals surface area (Å²) in [6, 6.07) is 12.6. The molecule has 0 saturated carbocycles. The molecule has 0 saturated heterocycles. The van der Waals surface area contributed by atoms with Crippen molar-refractivity contribution in [3.63, 3.8) is 0 Å².